The maximum Gasteiger partial charge on any atom is 0.185 e. The monoisotopic (exact) mass is 480 g/mol. The molecular weight excluding hydrogens is 452 g/mol. The van der Waals surface area contributed by atoms with Gasteiger partial charge in [-0.25, -0.2) is 0 Å². The van der Waals surface area contributed by atoms with Crippen LogP contribution in [0.4, 0.5) is 0 Å². The molecule has 0 saturated carbocycles. The number of rotatable bonds is 11. The number of hydrogen-bond acceptors (Lipinski definition) is 5. The van der Waals surface area contributed by atoms with Gasteiger partial charge in [-0.1, -0.05) is 72.8 Å². The summed E-state index contributed by atoms with van der Waals surface area (Å²) in [6.45, 7) is 0.832. The lowest BCUT2D eigenvalue weighted by atomic mass is 10.1. The van der Waals surface area contributed by atoms with E-state index in [2.05, 4.69) is 0 Å². The molecule has 0 bridgehead atoms. The first-order valence-electron chi connectivity index (χ1n) is 11.6. The molecule has 0 heterocycles. The maximum absolute atomic E-state index is 12.9. The maximum atomic E-state index is 12.9. The van der Waals surface area contributed by atoms with Gasteiger partial charge in [0.15, 0.2) is 28.8 Å². The Labute approximate surface area is 211 Å². The van der Waals surface area contributed by atoms with Gasteiger partial charge in [0.05, 0.1) is 14.2 Å². The Morgan fingerprint density at radius 1 is 0.639 bits per heavy atom. The highest BCUT2D eigenvalue weighted by atomic mass is 16.5. The van der Waals surface area contributed by atoms with Crippen LogP contribution in [-0.4, -0.2) is 20.0 Å². The van der Waals surface area contributed by atoms with Crippen LogP contribution >= 0.6 is 0 Å². The largest absolute Gasteiger partial charge is 0.493 e. The van der Waals surface area contributed by atoms with Gasteiger partial charge in [-0.2, -0.15) is 0 Å². The van der Waals surface area contributed by atoms with E-state index in [1.54, 1.807) is 38.5 Å². The molecule has 0 spiro atoms. The normalized spacial score (nSPS) is 10.7. The summed E-state index contributed by atoms with van der Waals surface area (Å²) in [6, 6.07) is 30.5. The Hall–Kier alpha value is -4.51. The SMILES string of the molecule is COc1cc(C(=O)/C=C/c2ccc(OC)c(OCc3ccccc3)c2)ccc1OCc1ccccc1. The molecule has 0 aliphatic heterocycles. The van der Waals surface area contributed by atoms with Gasteiger partial charge >= 0.3 is 0 Å². The summed E-state index contributed by atoms with van der Waals surface area (Å²) in [7, 11) is 3.16. The van der Waals surface area contributed by atoms with Gasteiger partial charge in [0.2, 0.25) is 0 Å². The van der Waals surface area contributed by atoms with E-state index in [4.69, 9.17) is 18.9 Å². The minimum Gasteiger partial charge on any atom is -0.493 e. The van der Waals surface area contributed by atoms with Crippen molar-refractivity contribution in [2.45, 2.75) is 13.2 Å². The van der Waals surface area contributed by atoms with E-state index < -0.39 is 0 Å². The van der Waals surface area contributed by atoms with Gasteiger partial charge in [-0.3, -0.25) is 4.79 Å². The van der Waals surface area contributed by atoms with Crippen LogP contribution < -0.4 is 18.9 Å². The van der Waals surface area contributed by atoms with Crippen LogP contribution in [0.5, 0.6) is 23.0 Å². The molecule has 182 valence electrons. The topological polar surface area (TPSA) is 54.0 Å². The summed E-state index contributed by atoms with van der Waals surface area (Å²) < 4.78 is 22.7. The predicted molar refractivity (Wildman–Crippen MR) is 141 cm³/mol. The van der Waals surface area contributed by atoms with Crippen LogP contribution in [0, 0.1) is 0 Å². The van der Waals surface area contributed by atoms with Crippen molar-refractivity contribution in [1.29, 1.82) is 0 Å². The Morgan fingerprint density at radius 3 is 1.83 bits per heavy atom. The predicted octanol–water partition coefficient (Wildman–Crippen LogP) is 6.76. The van der Waals surface area contributed by atoms with Gasteiger partial charge in [-0.05, 0) is 53.1 Å². The van der Waals surface area contributed by atoms with Gasteiger partial charge in [0.25, 0.3) is 0 Å². The summed E-state index contributed by atoms with van der Waals surface area (Å²) in [5.41, 5.74) is 3.43. The summed E-state index contributed by atoms with van der Waals surface area (Å²) in [5.74, 6) is 2.18. The van der Waals surface area contributed by atoms with Crippen LogP contribution in [0.2, 0.25) is 0 Å². The molecule has 0 radical (unpaired) electrons. The number of allylic oxidation sites excluding steroid dienone is 1. The average molecular weight is 481 g/mol. The highest BCUT2D eigenvalue weighted by molar-refractivity contribution is 6.07. The van der Waals surface area contributed by atoms with Gasteiger partial charge < -0.3 is 18.9 Å². The smallest absolute Gasteiger partial charge is 0.185 e. The van der Waals surface area contributed by atoms with Crippen molar-refractivity contribution in [3.8, 4) is 23.0 Å². The third-order valence-corrected chi connectivity index (χ3v) is 5.54. The zero-order valence-electron chi connectivity index (χ0n) is 20.3. The van der Waals surface area contributed by atoms with E-state index in [1.807, 2.05) is 78.9 Å². The van der Waals surface area contributed by atoms with E-state index >= 15 is 0 Å². The first-order chi connectivity index (χ1) is 17.7. The first kappa shape index (κ1) is 24.6. The van der Waals surface area contributed by atoms with Crippen LogP contribution in [-0.2, 0) is 13.2 Å². The van der Waals surface area contributed by atoms with Gasteiger partial charge in [0, 0.05) is 5.56 Å². The Balaban J connectivity index is 1.44. The number of ether oxygens (including phenoxy) is 4. The Kier molecular flexibility index (Phi) is 8.39. The van der Waals surface area contributed by atoms with E-state index in [9.17, 15) is 4.79 Å². The van der Waals surface area contributed by atoms with Crippen LogP contribution in [0.1, 0.15) is 27.0 Å². The van der Waals surface area contributed by atoms with Crippen molar-refractivity contribution >= 4 is 11.9 Å². The lowest BCUT2D eigenvalue weighted by molar-refractivity contribution is 0.104. The summed E-state index contributed by atoms with van der Waals surface area (Å²) in [6.07, 6.45) is 3.28. The minimum absolute atomic E-state index is 0.148. The molecule has 36 heavy (non-hydrogen) atoms. The molecule has 0 N–H and O–H groups in total. The summed E-state index contributed by atoms with van der Waals surface area (Å²) >= 11 is 0. The molecule has 0 fully saturated rings. The molecule has 0 aliphatic carbocycles. The lowest BCUT2D eigenvalue weighted by Crippen LogP contribution is -2.00. The second-order valence-corrected chi connectivity index (χ2v) is 8.02. The number of benzene rings is 4. The molecule has 0 saturated heterocycles. The molecule has 0 aliphatic rings. The van der Waals surface area contributed by atoms with Crippen molar-refractivity contribution in [3.63, 3.8) is 0 Å². The lowest BCUT2D eigenvalue weighted by Gasteiger charge is -2.12. The molecule has 0 unspecified atom stereocenters. The molecule has 5 nitrogen and oxygen atoms in total. The quantitative estimate of drug-likeness (QED) is 0.175. The van der Waals surface area contributed by atoms with Gasteiger partial charge in [-0.15, -0.1) is 0 Å². The third kappa shape index (κ3) is 6.54. The minimum atomic E-state index is -0.148. The highest BCUT2D eigenvalue weighted by Crippen LogP contribution is 2.31. The van der Waals surface area contributed by atoms with Crippen LogP contribution in [0.25, 0.3) is 6.08 Å². The Morgan fingerprint density at radius 2 is 1.22 bits per heavy atom. The fourth-order valence-corrected chi connectivity index (χ4v) is 3.59. The van der Waals surface area contributed by atoms with Crippen molar-refractivity contribution in [1.82, 2.24) is 0 Å². The highest BCUT2D eigenvalue weighted by Gasteiger charge is 2.11. The van der Waals surface area contributed by atoms with Crippen molar-refractivity contribution in [3.05, 3.63) is 125 Å². The molecule has 0 atom stereocenters. The van der Waals surface area contributed by atoms with Crippen molar-refractivity contribution in [2.24, 2.45) is 0 Å². The third-order valence-electron chi connectivity index (χ3n) is 5.54. The zero-order valence-corrected chi connectivity index (χ0v) is 20.3. The molecular formula is C31H28O5. The second kappa shape index (κ2) is 12.3. The van der Waals surface area contributed by atoms with E-state index in [0.717, 1.165) is 16.7 Å². The molecule has 5 heteroatoms. The number of carbonyl (C=O) groups is 1. The van der Waals surface area contributed by atoms with Gasteiger partial charge in [0.1, 0.15) is 13.2 Å². The second-order valence-electron chi connectivity index (χ2n) is 8.02. The summed E-state index contributed by atoms with van der Waals surface area (Å²) in [4.78, 5) is 12.9. The van der Waals surface area contributed by atoms with Crippen molar-refractivity contribution in [2.75, 3.05) is 14.2 Å². The van der Waals surface area contributed by atoms with Crippen LogP contribution in [0.15, 0.2) is 103 Å². The number of methoxy groups -OCH3 is 2. The summed E-state index contributed by atoms with van der Waals surface area (Å²) in [5, 5.41) is 0. The number of hydrogen-bond donors (Lipinski definition) is 0. The molecule has 4 aromatic carbocycles. The average Bonchev–Trinajstić information content (AvgIpc) is 2.94. The molecule has 4 rings (SSSR count). The van der Waals surface area contributed by atoms with E-state index in [-0.39, 0.29) is 5.78 Å². The fraction of sp³-hybridized carbons (Fsp3) is 0.129. The number of carbonyl (C=O) groups excluding carboxylic acids is 1. The van der Waals surface area contributed by atoms with Crippen molar-refractivity contribution < 1.29 is 23.7 Å². The zero-order chi connectivity index (χ0) is 25.2. The number of ketones is 1. The van der Waals surface area contributed by atoms with E-state index in [0.29, 0.717) is 41.8 Å². The Bertz CT molecular complexity index is 1310. The van der Waals surface area contributed by atoms with E-state index in [1.165, 1.54) is 6.08 Å². The standard InChI is InChI=1S/C31H28O5/c1-33-28-17-14-23(19-31(28)36-22-25-11-7-4-8-12-25)13-16-27(32)26-15-18-29(30(20-26)34-2)35-21-24-9-5-3-6-10-24/h3-20H,21-22H2,1-2H3/b16-13+. The molecule has 0 amide bonds. The first-order valence-corrected chi connectivity index (χ1v) is 11.6. The fourth-order valence-electron chi connectivity index (χ4n) is 3.59. The molecule has 4 aromatic rings. The molecule has 0 aromatic heterocycles. The van der Waals surface area contributed by atoms with Crippen LogP contribution in [0.3, 0.4) is 0 Å².